The van der Waals surface area contributed by atoms with Gasteiger partial charge in [-0.15, -0.1) is 11.3 Å². The highest BCUT2D eigenvalue weighted by Crippen LogP contribution is 2.29. The second kappa shape index (κ2) is 7.83. The van der Waals surface area contributed by atoms with E-state index in [1.54, 1.807) is 33.3 Å². The van der Waals surface area contributed by atoms with Gasteiger partial charge in [-0.2, -0.15) is 0 Å². The van der Waals surface area contributed by atoms with E-state index in [4.69, 9.17) is 14.6 Å². The fourth-order valence-corrected chi connectivity index (χ4v) is 3.17. The standard InChI is InChI=1S/C17H19NO5S/c1-10-8-12(17(20)21)16(24-10)18-15(19)7-5-11-4-6-13(22-2)14(9-11)23-3/h4,6,8-9H,5,7H2,1-3H3,(H,18,19)(H,20,21). The zero-order valence-electron chi connectivity index (χ0n) is 13.7. The average Bonchev–Trinajstić information content (AvgIpc) is 2.93. The first kappa shape index (κ1) is 17.8. The Morgan fingerprint density at radius 1 is 1.17 bits per heavy atom. The van der Waals surface area contributed by atoms with Crippen LogP contribution in [0.15, 0.2) is 24.3 Å². The lowest BCUT2D eigenvalue weighted by Crippen LogP contribution is -2.13. The van der Waals surface area contributed by atoms with E-state index in [0.717, 1.165) is 10.4 Å². The third-order valence-electron chi connectivity index (χ3n) is 3.43. The number of aromatic carboxylic acids is 1. The summed E-state index contributed by atoms with van der Waals surface area (Å²) in [7, 11) is 3.12. The maximum Gasteiger partial charge on any atom is 0.338 e. The number of hydrogen-bond donors (Lipinski definition) is 2. The van der Waals surface area contributed by atoms with Crippen molar-refractivity contribution in [3.05, 3.63) is 40.3 Å². The molecule has 1 heterocycles. The Labute approximate surface area is 144 Å². The van der Waals surface area contributed by atoms with Crippen molar-refractivity contribution < 1.29 is 24.2 Å². The van der Waals surface area contributed by atoms with Gasteiger partial charge in [0.05, 0.1) is 19.8 Å². The minimum Gasteiger partial charge on any atom is -0.493 e. The van der Waals surface area contributed by atoms with E-state index in [9.17, 15) is 9.59 Å². The minimum absolute atomic E-state index is 0.122. The highest BCUT2D eigenvalue weighted by molar-refractivity contribution is 7.16. The van der Waals surface area contributed by atoms with Gasteiger partial charge in [-0.3, -0.25) is 4.79 Å². The van der Waals surface area contributed by atoms with Crippen molar-refractivity contribution in [2.45, 2.75) is 19.8 Å². The Morgan fingerprint density at radius 3 is 2.50 bits per heavy atom. The van der Waals surface area contributed by atoms with Crippen LogP contribution >= 0.6 is 11.3 Å². The molecular formula is C17H19NO5S. The van der Waals surface area contributed by atoms with Crippen LogP contribution in [0.2, 0.25) is 0 Å². The number of amides is 1. The van der Waals surface area contributed by atoms with Crippen LogP contribution in [0.25, 0.3) is 0 Å². The fraction of sp³-hybridized carbons (Fsp3) is 0.294. The van der Waals surface area contributed by atoms with Crippen molar-refractivity contribution in [2.24, 2.45) is 0 Å². The SMILES string of the molecule is COc1ccc(CCC(=O)Nc2sc(C)cc2C(=O)O)cc1OC. The molecule has 1 amide bonds. The molecule has 0 fully saturated rings. The molecule has 0 atom stereocenters. The first-order valence-corrected chi connectivity index (χ1v) is 8.10. The smallest absolute Gasteiger partial charge is 0.338 e. The third-order valence-corrected chi connectivity index (χ3v) is 4.39. The van der Waals surface area contributed by atoms with Crippen molar-refractivity contribution >= 4 is 28.2 Å². The summed E-state index contributed by atoms with van der Waals surface area (Å²) in [6, 6.07) is 7.03. The lowest BCUT2D eigenvalue weighted by molar-refractivity contribution is -0.116. The van der Waals surface area contributed by atoms with Gasteiger partial charge in [0.2, 0.25) is 5.91 Å². The molecular weight excluding hydrogens is 330 g/mol. The topological polar surface area (TPSA) is 84.9 Å². The number of hydrogen-bond acceptors (Lipinski definition) is 5. The number of carbonyl (C=O) groups is 2. The molecule has 0 saturated carbocycles. The van der Waals surface area contributed by atoms with Gasteiger partial charge in [-0.05, 0) is 37.1 Å². The second-order valence-electron chi connectivity index (χ2n) is 5.14. The van der Waals surface area contributed by atoms with Gasteiger partial charge in [-0.25, -0.2) is 4.79 Å². The quantitative estimate of drug-likeness (QED) is 0.801. The molecule has 2 aromatic rings. The molecule has 0 spiro atoms. The first-order valence-electron chi connectivity index (χ1n) is 7.29. The van der Waals surface area contributed by atoms with Gasteiger partial charge >= 0.3 is 5.97 Å². The largest absolute Gasteiger partial charge is 0.493 e. The number of carbonyl (C=O) groups excluding carboxylic acids is 1. The minimum atomic E-state index is -1.05. The predicted octanol–water partition coefficient (Wildman–Crippen LogP) is 3.34. The van der Waals surface area contributed by atoms with Gasteiger partial charge in [0.1, 0.15) is 5.00 Å². The molecule has 6 nitrogen and oxygen atoms in total. The maximum atomic E-state index is 12.1. The predicted molar refractivity (Wildman–Crippen MR) is 92.5 cm³/mol. The summed E-state index contributed by atoms with van der Waals surface area (Å²) in [6.45, 7) is 1.80. The molecule has 128 valence electrons. The second-order valence-corrected chi connectivity index (χ2v) is 6.40. The normalized spacial score (nSPS) is 10.3. The molecule has 24 heavy (non-hydrogen) atoms. The number of benzene rings is 1. The summed E-state index contributed by atoms with van der Waals surface area (Å²) in [5, 5.41) is 12.2. The van der Waals surface area contributed by atoms with E-state index >= 15 is 0 Å². The number of anilines is 1. The maximum absolute atomic E-state index is 12.1. The molecule has 1 aromatic heterocycles. The van der Waals surface area contributed by atoms with Gasteiger partial charge < -0.3 is 19.9 Å². The fourth-order valence-electron chi connectivity index (χ4n) is 2.25. The van der Waals surface area contributed by atoms with E-state index < -0.39 is 5.97 Å². The molecule has 0 aliphatic heterocycles. The molecule has 0 saturated heterocycles. The monoisotopic (exact) mass is 349 g/mol. The van der Waals surface area contributed by atoms with E-state index in [1.807, 2.05) is 12.1 Å². The van der Waals surface area contributed by atoms with Crippen molar-refractivity contribution in [3.8, 4) is 11.5 Å². The van der Waals surface area contributed by atoms with Crippen molar-refractivity contribution in [3.63, 3.8) is 0 Å². The van der Waals surface area contributed by atoms with Crippen LogP contribution in [-0.4, -0.2) is 31.2 Å². The van der Waals surface area contributed by atoms with Crippen LogP contribution in [0.1, 0.15) is 27.2 Å². The average molecular weight is 349 g/mol. The Morgan fingerprint density at radius 2 is 1.88 bits per heavy atom. The number of thiophene rings is 1. The summed E-state index contributed by atoms with van der Waals surface area (Å²) < 4.78 is 10.4. The van der Waals surface area contributed by atoms with Gasteiger partial charge in [-0.1, -0.05) is 6.07 Å². The molecule has 2 N–H and O–H groups in total. The molecule has 1 aromatic carbocycles. The van der Waals surface area contributed by atoms with Gasteiger partial charge in [0, 0.05) is 11.3 Å². The lowest BCUT2D eigenvalue weighted by Gasteiger charge is -2.09. The summed E-state index contributed by atoms with van der Waals surface area (Å²) in [5.74, 6) is -0.0352. The van der Waals surface area contributed by atoms with Crippen LogP contribution in [0.5, 0.6) is 11.5 Å². The van der Waals surface area contributed by atoms with Crippen LogP contribution in [0.3, 0.4) is 0 Å². The number of aryl methyl sites for hydroxylation is 2. The molecule has 0 aliphatic rings. The number of nitrogens with one attached hydrogen (secondary N) is 1. The van der Waals surface area contributed by atoms with Crippen LogP contribution in [-0.2, 0) is 11.2 Å². The highest BCUT2D eigenvalue weighted by atomic mass is 32.1. The molecule has 2 rings (SSSR count). The van der Waals surface area contributed by atoms with E-state index in [-0.39, 0.29) is 17.9 Å². The summed E-state index contributed by atoms with van der Waals surface area (Å²) in [5.41, 5.74) is 1.06. The molecule has 0 aliphatic carbocycles. The van der Waals surface area contributed by atoms with Crippen LogP contribution in [0, 0.1) is 6.92 Å². The number of carboxylic acid groups (broad SMARTS) is 1. The Kier molecular flexibility index (Phi) is 5.81. The Hall–Kier alpha value is -2.54. The zero-order valence-corrected chi connectivity index (χ0v) is 14.5. The van der Waals surface area contributed by atoms with Crippen LogP contribution < -0.4 is 14.8 Å². The zero-order chi connectivity index (χ0) is 17.7. The number of rotatable bonds is 7. The van der Waals surface area contributed by atoms with Crippen molar-refractivity contribution in [1.82, 2.24) is 0 Å². The van der Waals surface area contributed by atoms with Gasteiger partial charge in [0.15, 0.2) is 11.5 Å². The van der Waals surface area contributed by atoms with E-state index in [2.05, 4.69) is 5.32 Å². The van der Waals surface area contributed by atoms with E-state index in [0.29, 0.717) is 22.9 Å². The van der Waals surface area contributed by atoms with E-state index in [1.165, 1.54) is 11.3 Å². The number of ether oxygens (including phenoxy) is 2. The molecule has 0 bridgehead atoms. The first-order chi connectivity index (χ1) is 11.4. The summed E-state index contributed by atoms with van der Waals surface area (Å²) in [4.78, 5) is 24.1. The van der Waals surface area contributed by atoms with Crippen LogP contribution in [0.4, 0.5) is 5.00 Å². The number of carboxylic acids is 1. The Bertz CT molecular complexity index is 753. The molecule has 0 radical (unpaired) electrons. The molecule has 0 unspecified atom stereocenters. The number of methoxy groups -OCH3 is 2. The highest BCUT2D eigenvalue weighted by Gasteiger charge is 2.16. The molecule has 7 heteroatoms. The third kappa shape index (κ3) is 4.26. The summed E-state index contributed by atoms with van der Waals surface area (Å²) in [6.07, 6.45) is 0.754. The van der Waals surface area contributed by atoms with Gasteiger partial charge in [0.25, 0.3) is 0 Å². The van der Waals surface area contributed by atoms with Crippen molar-refractivity contribution in [1.29, 1.82) is 0 Å². The Balaban J connectivity index is 2.00. The summed E-state index contributed by atoms with van der Waals surface area (Å²) >= 11 is 1.25. The lowest BCUT2D eigenvalue weighted by atomic mass is 10.1. The van der Waals surface area contributed by atoms with Crippen molar-refractivity contribution in [2.75, 3.05) is 19.5 Å².